The van der Waals surface area contributed by atoms with Crippen molar-refractivity contribution in [1.29, 1.82) is 0 Å². The second-order valence-electron chi connectivity index (χ2n) is 3.45. The summed E-state index contributed by atoms with van der Waals surface area (Å²) < 4.78 is 0. The van der Waals surface area contributed by atoms with E-state index in [0.717, 1.165) is 38.4 Å². The fourth-order valence-corrected chi connectivity index (χ4v) is 1.26. The largest absolute Gasteiger partial charge is 0.317 e. The zero-order chi connectivity index (χ0) is 10.8. The molecule has 4 nitrogen and oxygen atoms in total. The lowest BCUT2D eigenvalue weighted by atomic mass is 10.4. The molecule has 0 aliphatic carbocycles. The van der Waals surface area contributed by atoms with Crippen LogP contribution in [0.2, 0.25) is 0 Å². The zero-order valence-electron chi connectivity index (χ0n) is 9.37. The van der Waals surface area contributed by atoms with E-state index >= 15 is 0 Å². The number of rotatable bonds is 8. The summed E-state index contributed by atoms with van der Waals surface area (Å²) in [5.41, 5.74) is 0. The highest BCUT2D eigenvalue weighted by Crippen LogP contribution is 1.86. The zero-order valence-corrected chi connectivity index (χ0v) is 9.37. The van der Waals surface area contributed by atoms with E-state index < -0.39 is 0 Å². The van der Waals surface area contributed by atoms with E-state index in [2.05, 4.69) is 27.5 Å². The summed E-state index contributed by atoms with van der Waals surface area (Å²) in [5.74, 6) is 0.860. The Hall–Kier alpha value is -1.00. The molecule has 1 rings (SSSR count). The average molecular weight is 208 g/mol. The molecule has 0 aliphatic heterocycles. The first-order valence-corrected chi connectivity index (χ1v) is 5.61. The lowest BCUT2D eigenvalue weighted by Gasteiger charge is -2.04. The molecule has 0 saturated heterocycles. The van der Waals surface area contributed by atoms with Crippen LogP contribution in [0.3, 0.4) is 0 Å². The Bertz CT molecular complexity index is 238. The fourth-order valence-electron chi connectivity index (χ4n) is 1.26. The highest BCUT2D eigenvalue weighted by molar-refractivity contribution is 4.87. The lowest BCUT2D eigenvalue weighted by Crippen LogP contribution is -2.22. The van der Waals surface area contributed by atoms with Crippen molar-refractivity contribution in [3.8, 4) is 0 Å². The van der Waals surface area contributed by atoms with E-state index in [4.69, 9.17) is 0 Å². The molecular weight excluding hydrogens is 188 g/mol. The van der Waals surface area contributed by atoms with Gasteiger partial charge in [0.25, 0.3) is 0 Å². The molecule has 1 aromatic heterocycles. The second-order valence-corrected chi connectivity index (χ2v) is 3.45. The van der Waals surface area contributed by atoms with Crippen LogP contribution in [0.15, 0.2) is 18.5 Å². The minimum absolute atomic E-state index is 0.759. The van der Waals surface area contributed by atoms with Gasteiger partial charge in [-0.2, -0.15) is 0 Å². The van der Waals surface area contributed by atoms with Gasteiger partial charge in [-0.25, -0.2) is 9.97 Å². The van der Waals surface area contributed by atoms with Crippen LogP contribution >= 0.6 is 0 Å². The maximum atomic E-state index is 4.14. The predicted molar refractivity (Wildman–Crippen MR) is 61.5 cm³/mol. The lowest BCUT2D eigenvalue weighted by molar-refractivity contribution is 0.583. The smallest absolute Gasteiger partial charge is 0.141 e. The molecule has 0 aromatic carbocycles. The van der Waals surface area contributed by atoms with Crippen LogP contribution in [-0.4, -0.2) is 29.6 Å². The molecule has 0 fully saturated rings. The van der Waals surface area contributed by atoms with Crippen LogP contribution in [0.5, 0.6) is 0 Å². The Labute approximate surface area is 91.5 Å². The van der Waals surface area contributed by atoms with Crippen LogP contribution in [0.1, 0.15) is 25.6 Å². The van der Waals surface area contributed by atoms with Gasteiger partial charge in [0, 0.05) is 12.4 Å². The number of nitrogens with one attached hydrogen (secondary N) is 2. The molecule has 15 heavy (non-hydrogen) atoms. The molecule has 1 heterocycles. The Morgan fingerprint density at radius 1 is 1.07 bits per heavy atom. The van der Waals surface area contributed by atoms with Crippen molar-refractivity contribution in [2.24, 2.45) is 0 Å². The van der Waals surface area contributed by atoms with Gasteiger partial charge < -0.3 is 10.6 Å². The third-order valence-corrected chi connectivity index (χ3v) is 2.04. The summed E-state index contributed by atoms with van der Waals surface area (Å²) in [6, 6.07) is 1.83. The minimum atomic E-state index is 0.759. The van der Waals surface area contributed by atoms with Crippen LogP contribution < -0.4 is 10.6 Å². The number of aromatic nitrogens is 2. The minimum Gasteiger partial charge on any atom is -0.317 e. The van der Waals surface area contributed by atoms with E-state index in [1.165, 1.54) is 6.42 Å². The summed E-state index contributed by atoms with van der Waals surface area (Å²) >= 11 is 0. The molecule has 84 valence electrons. The van der Waals surface area contributed by atoms with Gasteiger partial charge in [-0.1, -0.05) is 6.92 Å². The average Bonchev–Trinajstić information content (AvgIpc) is 2.29. The summed E-state index contributed by atoms with van der Waals surface area (Å²) in [5, 5.41) is 6.68. The summed E-state index contributed by atoms with van der Waals surface area (Å²) in [7, 11) is 0. The monoisotopic (exact) mass is 208 g/mol. The molecule has 0 unspecified atom stereocenters. The SMILES string of the molecule is CCCNCCCNCc1ncccn1. The standard InChI is InChI=1S/C11H20N4/c1-2-5-12-6-3-7-13-10-11-14-8-4-9-15-11/h4,8-9,12-13H,2-3,5-7,10H2,1H3. The third-order valence-electron chi connectivity index (χ3n) is 2.04. The van der Waals surface area contributed by atoms with Gasteiger partial charge >= 0.3 is 0 Å². The van der Waals surface area contributed by atoms with Crippen molar-refractivity contribution in [1.82, 2.24) is 20.6 Å². The Morgan fingerprint density at radius 3 is 2.53 bits per heavy atom. The molecule has 0 bridgehead atoms. The van der Waals surface area contributed by atoms with E-state index in [0.29, 0.717) is 0 Å². The molecule has 0 saturated carbocycles. The molecule has 0 radical (unpaired) electrons. The van der Waals surface area contributed by atoms with Crippen LogP contribution in [0, 0.1) is 0 Å². The highest BCUT2D eigenvalue weighted by atomic mass is 15.0. The Kier molecular flexibility index (Phi) is 6.70. The predicted octanol–water partition coefficient (Wildman–Crippen LogP) is 0.956. The molecule has 0 spiro atoms. The van der Waals surface area contributed by atoms with Gasteiger partial charge in [-0.05, 0) is 38.5 Å². The van der Waals surface area contributed by atoms with Gasteiger partial charge in [0.1, 0.15) is 5.82 Å². The van der Waals surface area contributed by atoms with Gasteiger partial charge in [0.15, 0.2) is 0 Å². The highest BCUT2D eigenvalue weighted by Gasteiger charge is 1.93. The summed E-state index contributed by atoms with van der Waals surface area (Å²) in [4.78, 5) is 8.27. The number of hydrogen-bond donors (Lipinski definition) is 2. The van der Waals surface area contributed by atoms with Gasteiger partial charge in [0.2, 0.25) is 0 Å². The maximum absolute atomic E-state index is 4.14. The fraction of sp³-hybridized carbons (Fsp3) is 0.636. The Morgan fingerprint density at radius 2 is 1.80 bits per heavy atom. The van der Waals surface area contributed by atoms with Crippen molar-refractivity contribution in [2.45, 2.75) is 26.3 Å². The molecular formula is C11H20N4. The molecule has 1 aromatic rings. The quantitative estimate of drug-likeness (QED) is 0.625. The Balaban J connectivity index is 1.93. The first-order chi connectivity index (χ1) is 7.43. The van der Waals surface area contributed by atoms with E-state index in [1.54, 1.807) is 12.4 Å². The van der Waals surface area contributed by atoms with Crippen molar-refractivity contribution < 1.29 is 0 Å². The van der Waals surface area contributed by atoms with Crippen molar-refractivity contribution in [2.75, 3.05) is 19.6 Å². The molecule has 4 heteroatoms. The molecule has 0 atom stereocenters. The molecule has 0 amide bonds. The first kappa shape index (κ1) is 12.1. The van der Waals surface area contributed by atoms with Crippen molar-refractivity contribution >= 4 is 0 Å². The van der Waals surface area contributed by atoms with Crippen LogP contribution in [0.25, 0.3) is 0 Å². The van der Waals surface area contributed by atoms with E-state index in [1.807, 2.05) is 6.07 Å². The first-order valence-electron chi connectivity index (χ1n) is 5.61. The van der Waals surface area contributed by atoms with Crippen molar-refractivity contribution in [3.05, 3.63) is 24.3 Å². The van der Waals surface area contributed by atoms with Gasteiger partial charge in [-0.3, -0.25) is 0 Å². The normalized spacial score (nSPS) is 10.5. The maximum Gasteiger partial charge on any atom is 0.141 e. The van der Waals surface area contributed by atoms with Crippen LogP contribution in [-0.2, 0) is 6.54 Å². The topological polar surface area (TPSA) is 49.8 Å². The summed E-state index contributed by atoms with van der Waals surface area (Å²) in [6.45, 7) is 6.14. The second kappa shape index (κ2) is 8.32. The third kappa shape index (κ3) is 6.14. The molecule has 2 N–H and O–H groups in total. The van der Waals surface area contributed by atoms with E-state index in [-0.39, 0.29) is 0 Å². The van der Waals surface area contributed by atoms with Gasteiger partial charge in [-0.15, -0.1) is 0 Å². The summed E-state index contributed by atoms with van der Waals surface area (Å²) in [6.07, 6.45) is 5.89. The number of nitrogens with zero attached hydrogens (tertiary/aromatic N) is 2. The van der Waals surface area contributed by atoms with E-state index in [9.17, 15) is 0 Å². The van der Waals surface area contributed by atoms with Crippen LogP contribution in [0.4, 0.5) is 0 Å². The molecule has 0 aliphatic rings. The van der Waals surface area contributed by atoms with Gasteiger partial charge in [0.05, 0.1) is 6.54 Å². The number of hydrogen-bond acceptors (Lipinski definition) is 4. The van der Waals surface area contributed by atoms with Crippen molar-refractivity contribution in [3.63, 3.8) is 0 Å².